The number of nitrogens with one attached hydrogen (secondary N) is 1. The fraction of sp³-hybridized carbons (Fsp3) is 0.200. The Morgan fingerprint density at radius 2 is 1.08 bits per heavy atom. The molecule has 51 heavy (non-hydrogen) atoms. The van der Waals surface area contributed by atoms with Gasteiger partial charge in [-0.3, -0.25) is 9.68 Å². The Bertz CT molecular complexity index is 1790. The molecular weight excluding hydrogens is 838 g/mol. The molecule has 0 aliphatic carbocycles. The first-order valence-electron chi connectivity index (χ1n) is 13.6. The highest BCUT2D eigenvalue weighted by Gasteiger charge is 2.22. The molecule has 0 aliphatic rings. The largest absolute Gasteiger partial charge is 0.451 e. The number of anilines is 4. The summed E-state index contributed by atoms with van der Waals surface area (Å²) in [7, 11) is 5.23. The van der Waals surface area contributed by atoms with Gasteiger partial charge in [-0.2, -0.15) is 37.7 Å². The van der Waals surface area contributed by atoms with E-state index >= 15 is 0 Å². The van der Waals surface area contributed by atoms with Crippen LogP contribution in [0.1, 0.15) is 11.1 Å². The molecule has 21 heteroatoms. The van der Waals surface area contributed by atoms with Crippen molar-refractivity contribution in [3.05, 3.63) is 104 Å². The lowest BCUT2D eigenvalue weighted by Crippen LogP contribution is -2.30. The molecule has 2 amide bonds. The molecule has 2 aromatic carbocycles. The molecule has 3 N–H and O–H groups in total. The molecule has 12 nitrogen and oxygen atoms in total. The molecule has 0 saturated heterocycles. The summed E-state index contributed by atoms with van der Waals surface area (Å²) in [4.78, 5) is 38.8. The van der Waals surface area contributed by atoms with Crippen LogP contribution in [0.25, 0.3) is 0 Å². The molecule has 0 unspecified atom stereocenters. The average Bonchev–Trinajstić information content (AvgIpc) is 3.14. The summed E-state index contributed by atoms with van der Waals surface area (Å²) in [6, 6.07) is 14.1. The van der Waals surface area contributed by atoms with Crippen molar-refractivity contribution in [3.63, 3.8) is 0 Å². The van der Waals surface area contributed by atoms with E-state index in [-0.39, 0.29) is 17.9 Å². The topological polar surface area (TPSA) is 141 Å². The van der Waals surface area contributed by atoms with Gasteiger partial charge in [0.2, 0.25) is 23.8 Å². The van der Waals surface area contributed by atoms with Crippen LogP contribution in [0.5, 0.6) is 0 Å². The van der Waals surface area contributed by atoms with Gasteiger partial charge in [-0.25, -0.2) is 9.59 Å². The van der Waals surface area contributed by atoms with Crippen LogP contribution in [0, 0.1) is 23.8 Å². The molecule has 2 heterocycles. The molecule has 0 bridgehead atoms. The number of carbonyl (C=O) groups is 2. The second-order valence-corrected chi connectivity index (χ2v) is 11.1. The number of hydroxylamine groups is 2. The van der Waals surface area contributed by atoms with Crippen molar-refractivity contribution in [2.24, 2.45) is 0 Å². The number of hydrogen-bond donors (Lipinski definition) is 2. The first kappa shape index (κ1) is 43.3. The number of methoxy groups -OCH3 is 2. The van der Waals surface area contributed by atoms with Crippen molar-refractivity contribution in [1.82, 2.24) is 9.97 Å². The van der Waals surface area contributed by atoms with Crippen molar-refractivity contribution in [2.45, 2.75) is 11.9 Å². The van der Waals surface area contributed by atoms with Crippen molar-refractivity contribution < 1.29 is 46.3 Å². The van der Waals surface area contributed by atoms with Gasteiger partial charge in [-0.1, -0.05) is 98.7 Å². The Morgan fingerprint density at radius 3 is 1.47 bits per heavy atom. The SMILES string of the molecule is COC(=O)N(OC)c1ccccc1CBr.COC(=O)N(OC)c1ccccc1CNc1c(Cl)c(F)nc(F)c1Cl.Nc1c(Cl)c(F)nc(F)c1Cl. The van der Waals surface area contributed by atoms with Crippen LogP contribution in [0.4, 0.5) is 49.9 Å². The second kappa shape index (κ2) is 20.9. The molecule has 276 valence electrons. The Morgan fingerprint density at radius 1 is 0.706 bits per heavy atom. The van der Waals surface area contributed by atoms with E-state index < -0.39 is 56.1 Å². The number of carbonyl (C=O) groups excluding carboxylic acids is 2. The predicted octanol–water partition coefficient (Wildman–Crippen LogP) is 9.38. The van der Waals surface area contributed by atoms with Crippen molar-refractivity contribution in [2.75, 3.05) is 49.6 Å². The third-order valence-electron chi connectivity index (χ3n) is 6.10. The molecule has 0 fully saturated rings. The van der Waals surface area contributed by atoms with E-state index in [9.17, 15) is 27.2 Å². The fourth-order valence-electron chi connectivity index (χ4n) is 3.72. The molecule has 0 radical (unpaired) electrons. The number of benzene rings is 2. The lowest BCUT2D eigenvalue weighted by molar-refractivity contribution is 0.115. The summed E-state index contributed by atoms with van der Waals surface area (Å²) in [5, 5.41) is 3.60. The smallest absolute Gasteiger partial charge is 0.438 e. The van der Waals surface area contributed by atoms with Crippen LogP contribution in [0.2, 0.25) is 20.1 Å². The predicted molar refractivity (Wildman–Crippen MR) is 189 cm³/mol. The third-order valence-corrected chi connectivity index (χ3v) is 8.11. The maximum absolute atomic E-state index is 13.5. The lowest BCUT2D eigenvalue weighted by atomic mass is 10.1. The lowest BCUT2D eigenvalue weighted by Gasteiger charge is -2.21. The highest BCUT2D eigenvalue weighted by atomic mass is 79.9. The Kier molecular flexibility index (Phi) is 17.7. The first-order chi connectivity index (χ1) is 24.2. The zero-order valence-corrected chi connectivity index (χ0v) is 31.4. The maximum atomic E-state index is 13.5. The first-order valence-corrected chi connectivity index (χ1v) is 16.3. The molecule has 4 rings (SSSR count). The van der Waals surface area contributed by atoms with Gasteiger partial charge in [0.25, 0.3) is 0 Å². The number of aromatic nitrogens is 2. The van der Waals surface area contributed by atoms with Crippen LogP contribution in [-0.2, 0) is 31.0 Å². The summed E-state index contributed by atoms with van der Waals surface area (Å²) in [6.45, 7) is 0.0371. The van der Waals surface area contributed by atoms with Crippen LogP contribution in [0.3, 0.4) is 0 Å². The van der Waals surface area contributed by atoms with E-state index in [1.165, 1.54) is 28.4 Å². The molecule has 2 aromatic heterocycles. The summed E-state index contributed by atoms with van der Waals surface area (Å²) < 4.78 is 61.0. The van der Waals surface area contributed by atoms with Crippen molar-refractivity contribution in [1.29, 1.82) is 0 Å². The van der Waals surface area contributed by atoms with Crippen LogP contribution in [0.15, 0.2) is 48.5 Å². The van der Waals surface area contributed by atoms with Gasteiger partial charge < -0.3 is 20.5 Å². The van der Waals surface area contributed by atoms with E-state index in [1.807, 2.05) is 18.2 Å². The number of halogens is 9. The molecule has 0 saturated carbocycles. The van der Waals surface area contributed by atoms with Gasteiger partial charge in [0, 0.05) is 11.9 Å². The number of para-hydroxylation sites is 2. The van der Waals surface area contributed by atoms with Gasteiger partial charge in [0.05, 0.1) is 51.2 Å². The van der Waals surface area contributed by atoms with E-state index in [0.29, 0.717) is 22.3 Å². The average molecular weight is 865 g/mol. The summed E-state index contributed by atoms with van der Waals surface area (Å²) >= 11 is 25.4. The summed E-state index contributed by atoms with van der Waals surface area (Å²) in [5.41, 5.74) is 7.16. The number of nitrogens with two attached hydrogens (primary N) is 1. The number of rotatable bonds is 8. The summed E-state index contributed by atoms with van der Waals surface area (Å²) in [6.07, 6.45) is -1.29. The van der Waals surface area contributed by atoms with Crippen molar-refractivity contribution >= 4 is 97.3 Å². The Hall–Kier alpha value is -3.84. The van der Waals surface area contributed by atoms with Gasteiger partial charge in [-0.05, 0) is 23.3 Å². The zero-order chi connectivity index (χ0) is 38.4. The van der Waals surface area contributed by atoms with E-state index in [4.69, 9.17) is 61.8 Å². The second-order valence-electron chi connectivity index (χ2n) is 9.07. The minimum Gasteiger partial charge on any atom is -0.451 e. The molecule has 4 aromatic rings. The molecule has 0 aliphatic heterocycles. The highest BCUT2D eigenvalue weighted by Crippen LogP contribution is 2.34. The number of ether oxygens (including phenoxy) is 2. The number of amides is 2. The number of hydrogen-bond acceptors (Lipinski definition) is 10. The molecule has 0 atom stereocenters. The zero-order valence-electron chi connectivity index (χ0n) is 26.8. The van der Waals surface area contributed by atoms with Crippen LogP contribution < -0.4 is 21.2 Å². The van der Waals surface area contributed by atoms with Gasteiger partial charge >= 0.3 is 12.2 Å². The van der Waals surface area contributed by atoms with Gasteiger partial charge in [0.1, 0.15) is 20.1 Å². The Balaban J connectivity index is 0.000000293. The third kappa shape index (κ3) is 11.3. The van der Waals surface area contributed by atoms with E-state index in [2.05, 4.69) is 40.7 Å². The summed E-state index contributed by atoms with van der Waals surface area (Å²) in [5.74, 6) is -4.70. The minimum absolute atomic E-state index is 0.0371. The van der Waals surface area contributed by atoms with E-state index in [1.54, 1.807) is 30.3 Å². The molecule has 0 spiro atoms. The molecular formula is C30H27BrCl4F4N6O6. The highest BCUT2D eigenvalue weighted by molar-refractivity contribution is 9.08. The van der Waals surface area contributed by atoms with E-state index in [0.717, 1.165) is 15.7 Å². The van der Waals surface area contributed by atoms with Gasteiger partial charge in [0.15, 0.2) is 0 Å². The minimum atomic E-state index is -1.19. The quantitative estimate of drug-likeness (QED) is 0.0762. The maximum Gasteiger partial charge on any atom is 0.438 e. The van der Waals surface area contributed by atoms with Crippen LogP contribution in [-0.4, -0.2) is 50.6 Å². The standard InChI is InChI=1S/C15H13Cl2F2N3O3.C10H12BrNO3.C5H2Cl2F2N2/c1-24-15(23)22(25-2)9-6-4-3-5-8(9)7-20-12-10(16)13(18)21-14(19)11(12)17;1-14-10(13)12(15-2)9-6-4-3-5-8(9)7-11;6-1-3(10)2(7)5(9)11-4(1)8/h3-6H,7H2,1-2H3,(H,20,21);3-6H,7H2,1-2H3;(H2,10,11). The number of pyridine rings is 2. The monoisotopic (exact) mass is 862 g/mol. The number of alkyl halides is 1. The van der Waals surface area contributed by atoms with Crippen LogP contribution >= 0.6 is 62.3 Å². The number of nitrogen functional groups attached to an aromatic ring is 1. The normalized spacial score (nSPS) is 10.2. The number of nitrogens with zero attached hydrogens (tertiary/aromatic N) is 4. The van der Waals surface area contributed by atoms with Crippen molar-refractivity contribution in [3.8, 4) is 0 Å². The van der Waals surface area contributed by atoms with Gasteiger partial charge in [-0.15, -0.1) is 0 Å². The Labute approximate surface area is 317 Å². The fourth-order valence-corrected chi connectivity index (χ4v) is 4.97.